The van der Waals surface area contributed by atoms with Crippen LogP contribution in [0.1, 0.15) is 90.2 Å². The summed E-state index contributed by atoms with van der Waals surface area (Å²) in [7, 11) is 2.01. The lowest BCUT2D eigenvalue weighted by Gasteiger charge is -2.24. The van der Waals surface area contributed by atoms with Crippen LogP contribution in [0.5, 0.6) is 0 Å². The van der Waals surface area contributed by atoms with Crippen molar-refractivity contribution in [2.45, 2.75) is 91.0 Å². The van der Waals surface area contributed by atoms with Crippen molar-refractivity contribution in [2.24, 2.45) is 11.8 Å². The number of nitrogens with zero attached hydrogens (tertiary/aromatic N) is 3. The molecular weight excluding hydrogens is 421 g/mol. The van der Waals surface area contributed by atoms with E-state index < -0.39 is 0 Å². The number of allylic oxidation sites excluding steroid dienone is 2. The van der Waals surface area contributed by atoms with E-state index in [9.17, 15) is 4.79 Å². The molecule has 34 heavy (non-hydrogen) atoms. The lowest BCUT2D eigenvalue weighted by Crippen LogP contribution is -2.30. The molecule has 0 saturated heterocycles. The Hall–Kier alpha value is -2.44. The number of hydrogen-bond acceptors (Lipinski definition) is 5. The zero-order chi connectivity index (χ0) is 24.1. The first-order chi connectivity index (χ1) is 16.4. The minimum absolute atomic E-state index is 0.0540. The summed E-state index contributed by atoms with van der Waals surface area (Å²) in [6.07, 6.45) is 13.8. The van der Waals surface area contributed by atoms with Gasteiger partial charge < -0.3 is 10.7 Å². The van der Waals surface area contributed by atoms with Gasteiger partial charge in [0.25, 0.3) is 5.56 Å². The second-order valence-corrected chi connectivity index (χ2v) is 10.7. The highest BCUT2D eigenvalue weighted by molar-refractivity contribution is 6.34. The molecule has 182 valence electrons. The molecule has 0 unspecified atom stereocenters. The first kappa shape index (κ1) is 24.7. The second-order valence-electron chi connectivity index (χ2n) is 10.7. The molecule has 2 saturated carbocycles. The van der Waals surface area contributed by atoms with Crippen LogP contribution in [0.3, 0.4) is 0 Å². The number of nitrogens with one attached hydrogen (secondary N) is 2. The fourth-order valence-corrected chi connectivity index (χ4v) is 5.80. The third-order valence-corrected chi connectivity index (χ3v) is 7.62. The van der Waals surface area contributed by atoms with Gasteiger partial charge in [0.2, 0.25) is 0 Å². The van der Waals surface area contributed by atoms with E-state index in [1.807, 2.05) is 31.5 Å². The zero-order valence-corrected chi connectivity index (χ0v) is 21.3. The van der Waals surface area contributed by atoms with E-state index >= 15 is 0 Å². The molecule has 0 radical (unpaired) electrons. The molecule has 4 rings (SSSR count). The van der Waals surface area contributed by atoms with Crippen molar-refractivity contribution in [2.75, 3.05) is 11.9 Å². The average Bonchev–Trinajstić information content (AvgIpc) is 3.09. The Morgan fingerprint density at radius 3 is 2.24 bits per heavy atom. The van der Waals surface area contributed by atoms with E-state index in [0.717, 1.165) is 28.8 Å². The number of aromatic nitrogens is 3. The number of hydrogen-bond donors (Lipinski definition) is 2. The van der Waals surface area contributed by atoms with Gasteiger partial charge in [0, 0.05) is 24.4 Å². The van der Waals surface area contributed by atoms with Crippen LogP contribution in [-0.4, -0.2) is 34.6 Å². The Kier molecular flexibility index (Phi) is 8.22. The third kappa shape index (κ3) is 5.79. The van der Waals surface area contributed by atoms with Crippen LogP contribution in [0.15, 0.2) is 22.4 Å². The van der Waals surface area contributed by atoms with E-state index in [1.165, 1.54) is 70.6 Å². The predicted octanol–water partition coefficient (Wildman–Crippen LogP) is 5.16. The van der Waals surface area contributed by atoms with Gasteiger partial charge in [0.1, 0.15) is 13.4 Å². The Morgan fingerprint density at radius 1 is 1.00 bits per heavy atom. The van der Waals surface area contributed by atoms with Gasteiger partial charge in [-0.2, -0.15) is 0 Å². The second kappa shape index (κ2) is 11.3. The maximum Gasteiger partial charge on any atom is 0.294 e. The lowest BCUT2D eigenvalue weighted by atomic mass is 9.88. The van der Waals surface area contributed by atoms with Crippen molar-refractivity contribution in [1.29, 1.82) is 5.41 Å². The van der Waals surface area contributed by atoms with Crippen molar-refractivity contribution in [3.8, 4) is 0 Å². The molecular formula is C27H40BN5O. The fourth-order valence-electron chi connectivity index (χ4n) is 5.80. The number of pyridine rings is 1. The molecule has 0 aromatic carbocycles. The summed E-state index contributed by atoms with van der Waals surface area (Å²) >= 11 is 0. The van der Waals surface area contributed by atoms with Crippen molar-refractivity contribution in [1.82, 2.24) is 14.5 Å². The van der Waals surface area contributed by atoms with Crippen LogP contribution in [0, 0.1) is 17.2 Å². The van der Waals surface area contributed by atoms with Crippen LogP contribution in [0.25, 0.3) is 16.7 Å². The molecule has 0 aliphatic heterocycles. The summed E-state index contributed by atoms with van der Waals surface area (Å²) in [4.78, 5) is 23.4. The standard InChI is InChI=1S/C27H40BN5O/c1-18(28)24(19(2)29)22-14-15-23-26(32-22)33(17-21-12-8-5-9-13-21)27(34)25(31-23)30-16-20-10-6-3-4-7-11-20/h14-15,20-21,29H,3-13,16-17,28H2,1-2H3,(H,30,31)/b24-18+,29-19?. The average molecular weight is 461 g/mol. The summed E-state index contributed by atoms with van der Waals surface area (Å²) in [6, 6.07) is 3.91. The molecule has 2 aromatic rings. The van der Waals surface area contributed by atoms with Gasteiger partial charge in [-0.15, -0.1) is 5.47 Å². The third-order valence-electron chi connectivity index (χ3n) is 7.62. The highest BCUT2D eigenvalue weighted by atomic mass is 16.1. The van der Waals surface area contributed by atoms with Gasteiger partial charge in [0.15, 0.2) is 11.5 Å². The normalized spacial score (nSPS) is 19.0. The maximum atomic E-state index is 13.7. The molecule has 0 spiro atoms. The summed E-state index contributed by atoms with van der Waals surface area (Å²) in [5.74, 6) is 1.58. The summed E-state index contributed by atoms with van der Waals surface area (Å²) in [6.45, 7) is 5.31. The number of fused-ring (bicyclic) bond motifs is 1. The largest absolute Gasteiger partial charge is 0.365 e. The lowest BCUT2D eigenvalue weighted by molar-refractivity contribution is 0.319. The Balaban J connectivity index is 1.73. The monoisotopic (exact) mass is 461 g/mol. The molecule has 2 fully saturated rings. The molecule has 6 nitrogen and oxygen atoms in total. The highest BCUT2D eigenvalue weighted by Crippen LogP contribution is 2.27. The topological polar surface area (TPSA) is 83.7 Å². The Labute approximate surface area is 204 Å². The first-order valence-electron chi connectivity index (χ1n) is 13.3. The van der Waals surface area contributed by atoms with Crippen molar-refractivity contribution >= 4 is 36.1 Å². The predicted molar refractivity (Wildman–Crippen MR) is 145 cm³/mol. The molecule has 2 aliphatic carbocycles. The van der Waals surface area contributed by atoms with Crippen LogP contribution < -0.4 is 10.9 Å². The van der Waals surface area contributed by atoms with E-state index in [2.05, 4.69) is 5.32 Å². The van der Waals surface area contributed by atoms with Crippen LogP contribution >= 0.6 is 0 Å². The van der Waals surface area contributed by atoms with Crippen LogP contribution in [0.4, 0.5) is 5.82 Å². The van der Waals surface area contributed by atoms with E-state index in [0.29, 0.717) is 35.6 Å². The Bertz CT molecular complexity index is 1100. The Morgan fingerprint density at radius 2 is 1.62 bits per heavy atom. The molecule has 2 heterocycles. The molecule has 2 aliphatic rings. The summed E-state index contributed by atoms with van der Waals surface area (Å²) in [5, 5.41) is 11.7. The van der Waals surface area contributed by atoms with Gasteiger partial charge in [0.05, 0.1) is 5.69 Å². The molecule has 0 amide bonds. The van der Waals surface area contributed by atoms with Crippen LogP contribution in [-0.2, 0) is 6.54 Å². The van der Waals surface area contributed by atoms with Gasteiger partial charge in [-0.05, 0) is 56.6 Å². The smallest absolute Gasteiger partial charge is 0.294 e. The van der Waals surface area contributed by atoms with E-state index in [1.54, 1.807) is 6.92 Å². The minimum Gasteiger partial charge on any atom is -0.365 e. The van der Waals surface area contributed by atoms with Gasteiger partial charge in [-0.25, -0.2) is 9.97 Å². The first-order valence-corrected chi connectivity index (χ1v) is 13.3. The van der Waals surface area contributed by atoms with Gasteiger partial charge in [-0.3, -0.25) is 9.36 Å². The molecule has 0 bridgehead atoms. The minimum atomic E-state index is -0.0540. The highest BCUT2D eigenvalue weighted by Gasteiger charge is 2.21. The van der Waals surface area contributed by atoms with E-state index in [-0.39, 0.29) is 5.56 Å². The SMILES string of the molecule is B/C(C)=C(\C(C)=N)c1ccc2nc(NCC3CCCCCC3)c(=O)n(CC3CCCCC3)c2n1. The van der Waals surface area contributed by atoms with Gasteiger partial charge in [-0.1, -0.05) is 51.9 Å². The fraction of sp³-hybridized carbons (Fsp3) is 0.630. The molecule has 2 aromatic heterocycles. The van der Waals surface area contributed by atoms with Gasteiger partial charge >= 0.3 is 0 Å². The zero-order valence-electron chi connectivity index (χ0n) is 21.3. The quantitative estimate of drug-likeness (QED) is 0.339. The maximum absolute atomic E-state index is 13.7. The molecule has 2 N–H and O–H groups in total. The number of anilines is 1. The summed E-state index contributed by atoms with van der Waals surface area (Å²) in [5.41, 5.74) is 4.47. The van der Waals surface area contributed by atoms with Crippen molar-refractivity contribution in [3.05, 3.63) is 33.7 Å². The van der Waals surface area contributed by atoms with Crippen molar-refractivity contribution in [3.63, 3.8) is 0 Å². The molecule has 7 heteroatoms. The van der Waals surface area contributed by atoms with Crippen LogP contribution in [0.2, 0.25) is 0 Å². The van der Waals surface area contributed by atoms with E-state index in [4.69, 9.17) is 15.4 Å². The number of rotatable bonds is 7. The molecule has 0 atom stereocenters. The summed E-state index contributed by atoms with van der Waals surface area (Å²) < 4.78 is 1.87. The van der Waals surface area contributed by atoms with Crippen molar-refractivity contribution < 1.29 is 0 Å².